The van der Waals surface area contributed by atoms with Crippen LogP contribution in [-0.2, 0) is 9.53 Å². The number of carbonyl (C=O) groups excluding carboxylic acids is 1. The number of carboxylic acids is 1. The molecule has 1 N–H and O–H groups in total. The molecule has 6 nitrogen and oxygen atoms in total. The summed E-state index contributed by atoms with van der Waals surface area (Å²) in [7, 11) is 1.45. The Morgan fingerprint density at radius 1 is 1.63 bits per heavy atom. The average molecular weight is 284 g/mol. The highest BCUT2D eigenvalue weighted by Crippen LogP contribution is 2.32. The maximum atomic E-state index is 12.5. The van der Waals surface area contributed by atoms with Gasteiger partial charge in [-0.15, -0.1) is 11.3 Å². The quantitative estimate of drug-likeness (QED) is 0.897. The second kappa shape index (κ2) is 5.26. The molecule has 1 aliphatic rings. The molecule has 2 heterocycles. The first-order valence-electron chi connectivity index (χ1n) is 5.97. The number of aromatic nitrogens is 1. The molecule has 1 amide bonds. The molecule has 1 aromatic heterocycles. The fraction of sp³-hybridized carbons (Fsp3) is 0.583. The van der Waals surface area contributed by atoms with E-state index >= 15 is 0 Å². The minimum atomic E-state index is -1.25. The van der Waals surface area contributed by atoms with Crippen LogP contribution in [0.1, 0.15) is 28.2 Å². The van der Waals surface area contributed by atoms with Crippen molar-refractivity contribution in [2.24, 2.45) is 0 Å². The second-order valence-corrected chi connectivity index (χ2v) is 5.45. The highest BCUT2D eigenvalue weighted by Gasteiger charge is 2.50. The molecule has 1 unspecified atom stereocenters. The third-order valence-corrected chi connectivity index (χ3v) is 4.37. The van der Waals surface area contributed by atoms with Crippen molar-refractivity contribution in [3.8, 4) is 0 Å². The van der Waals surface area contributed by atoms with E-state index in [1.807, 2.05) is 0 Å². The van der Waals surface area contributed by atoms with Crippen LogP contribution in [0.5, 0.6) is 0 Å². The van der Waals surface area contributed by atoms with Gasteiger partial charge >= 0.3 is 5.97 Å². The molecule has 0 saturated carbocycles. The Morgan fingerprint density at radius 3 is 2.89 bits per heavy atom. The number of nitrogens with zero attached hydrogens (tertiary/aromatic N) is 2. The molecule has 7 heteroatoms. The molecule has 1 aromatic rings. The Kier molecular flexibility index (Phi) is 3.86. The zero-order valence-corrected chi connectivity index (χ0v) is 11.7. The van der Waals surface area contributed by atoms with Gasteiger partial charge in [-0.2, -0.15) is 0 Å². The van der Waals surface area contributed by atoms with E-state index in [4.69, 9.17) is 4.74 Å². The van der Waals surface area contributed by atoms with E-state index in [-0.39, 0.29) is 12.5 Å². The van der Waals surface area contributed by atoms with Gasteiger partial charge in [0, 0.05) is 13.7 Å². The van der Waals surface area contributed by atoms with Gasteiger partial charge in [-0.05, 0) is 19.8 Å². The Hall–Kier alpha value is -1.47. The Labute approximate surface area is 115 Å². The van der Waals surface area contributed by atoms with E-state index in [0.717, 1.165) is 0 Å². The van der Waals surface area contributed by atoms with Crippen molar-refractivity contribution >= 4 is 23.2 Å². The van der Waals surface area contributed by atoms with Gasteiger partial charge < -0.3 is 14.7 Å². The Balaban J connectivity index is 2.35. The van der Waals surface area contributed by atoms with Gasteiger partial charge in [-0.1, -0.05) is 0 Å². The zero-order chi connectivity index (χ0) is 14.0. The number of rotatable bonds is 4. The molecule has 1 saturated heterocycles. The molecule has 0 aliphatic carbocycles. The summed E-state index contributed by atoms with van der Waals surface area (Å²) in [5.74, 6) is -1.28. The van der Waals surface area contributed by atoms with Gasteiger partial charge in [-0.3, -0.25) is 4.79 Å². The Morgan fingerprint density at radius 2 is 2.37 bits per heavy atom. The van der Waals surface area contributed by atoms with Crippen molar-refractivity contribution in [1.29, 1.82) is 0 Å². The summed E-state index contributed by atoms with van der Waals surface area (Å²) in [5.41, 5.74) is 0.984. The molecule has 0 spiro atoms. The van der Waals surface area contributed by atoms with Crippen molar-refractivity contribution in [1.82, 2.24) is 9.88 Å². The van der Waals surface area contributed by atoms with Crippen LogP contribution < -0.4 is 0 Å². The summed E-state index contributed by atoms with van der Waals surface area (Å²) in [6.07, 6.45) is 1.08. The number of carboxylic acid groups (broad SMARTS) is 1. The lowest BCUT2D eigenvalue weighted by Gasteiger charge is -2.33. The third-order valence-electron chi connectivity index (χ3n) is 3.45. The SMILES string of the molecule is COCC1(C(=O)O)CCCN1C(=O)c1scnc1C. The van der Waals surface area contributed by atoms with E-state index in [1.165, 1.54) is 23.3 Å². The molecule has 0 aromatic carbocycles. The van der Waals surface area contributed by atoms with Crippen LogP contribution in [0.25, 0.3) is 0 Å². The van der Waals surface area contributed by atoms with Crippen LogP contribution in [0.15, 0.2) is 5.51 Å². The lowest BCUT2D eigenvalue weighted by molar-refractivity contribution is -0.151. The lowest BCUT2D eigenvalue weighted by atomic mass is 9.97. The van der Waals surface area contributed by atoms with Crippen LogP contribution in [0.2, 0.25) is 0 Å². The monoisotopic (exact) mass is 284 g/mol. The minimum Gasteiger partial charge on any atom is -0.479 e. The van der Waals surface area contributed by atoms with Crippen molar-refractivity contribution in [3.05, 3.63) is 16.1 Å². The minimum absolute atomic E-state index is 0.00588. The highest BCUT2D eigenvalue weighted by molar-refractivity contribution is 7.11. The maximum Gasteiger partial charge on any atom is 0.332 e. The summed E-state index contributed by atoms with van der Waals surface area (Å²) in [6.45, 7) is 2.19. The van der Waals surface area contributed by atoms with E-state index < -0.39 is 11.5 Å². The van der Waals surface area contributed by atoms with Crippen LogP contribution in [-0.4, -0.2) is 52.7 Å². The van der Waals surface area contributed by atoms with Gasteiger partial charge in [0.1, 0.15) is 4.88 Å². The first kappa shape index (κ1) is 14.0. The van der Waals surface area contributed by atoms with E-state index in [0.29, 0.717) is 30.0 Å². The largest absolute Gasteiger partial charge is 0.479 e. The van der Waals surface area contributed by atoms with Crippen LogP contribution in [0, 0.1) is 6.92 Å². The number of amides is 1. The molecule has 0 radical (unpaired) electrons. The summed E-state index contributed by atoms with van der Waals surface area (Å²) < 4.78 is 5.03. The van der Waals surface area contributed by atoms with Gasteiger partial charge in [-0.25, -0.2) is 9.78 Å². The first-order valence-corrected chi connectivity index (χ1v) is 6.85. The number of hydrogen-bond donors (Lipinski definition) is 1. The van der Waals surface area contributed by atoms with Crippen LogP contribution in [0.3, 0.4) is 0 Å². The summed E-state index contributed by atoms with van der Waals surface area (Å²) in [6, 6.07) is 0. The number of carbonyl (C=O) groups is 2. The molecule has 1 fully saturated rings. The summed E-state index contributed by atoms with van der Waals surface area (Å²) in [5, 5.41) is 9.49. The zero-order valence-electron chi connectivity index (χ0n) is 10.9. The number of aryl methyl sites for hydroxylation is 1. The van der Waals surface area contributed by atoms with Crippen molar-refractivity contribution in [3.63, 3.8) is 0 Å². The maximum absolute atomic E-state index is 12.5. The number of ether oxygens (including phenoxy) is 1. The predicted octanol–water partition coefficient (Wildman–Crippen LogP) is 1.16. The average Bonchev–Trinajstić information content (AvgIpc) is 2.96. The van der Waals surface area contributed by atoms with Gasteiger partial charge in [0.05, 0.1) is 17.8 Å². The fourth-order valence-electron chi connectivity index (χ4n) is 2.48. The molecule has 1 aliphatic heterocycles. The number of aliphatic carboxylic acids is 1. The van der Waals surface area contributed by atoms with Gasteiger partial charge in [0.2, 0.25) is 0 Å². The van der Waals surface area contributed by atoms with Gasteiger partial charge in [0.25, 0.3) is 5.91 Å². The standard InChI is InChI=1S/C12H16N2O4S/c1-8-9(19-7-13-8)10(15)14-5-3-4-12(14,6-18-2)11(16)17/h7H,3-6H2,1-2H3,(H,16,17). The number of hydrogen-bond acceptors (Lipinski definition) is 5. The molecular formula is C12H16N2O4S. The van der Waals surface area contributed by atoms with Crippen molar-refractivity contribution in [2.75, 3.05) is 20.3 Å². The normalized spacial score (nSPS) is 22.7. The summed E-state index contributed by atoms with van der Waals surface area (Å²) in [4.78, 5) is 30.1. The highest BCUT2D eigenvalue weighted by atomic mass is 32.1. The number of thiazole rings is 1. The fourth-order valence-corrected chi connectivity index (χ4v) is 3.23. The first-order chi connectivity index (χ1) is 9.03. The number of likely N-dealkylation sites (tertiary alicyclic amines) is 1. The molecular weight excluding hydrogens is 268 g/mol. The number of methoxy groups -OCH3 is 1. The third kappa shape index (κ3) is 2.23. The molecule has 104 valence electrons. The molecule has 2 rings (SSSR count). The van der Waals surface area contributed by atoms with E-state index in [9.17, 15) is 14.7 Å². The smallest absolute Gasteiger partial charge is 0.332 e. The molecule has 19 heavy (non-hydrogen) atoms. The van der Waals surface area contributed by atoms with Crippen molar-refractivity contribution in [2.45, 2.75) is 25.3 Å². The molecule has 1 atom stereocenters. The summed E-state index contributed by atoms with van der Waals surface area (Å²) >= 11 is 1.24. The second-order valence-electron chi connectivity index (χ2n) is 4.60. The predicted molar refractivity (Wildman–Crippen MR) is 69.4 cm³/mol. The van der Waals surface area contributed by atoms with Crippen LogP contribution >= 0.6 is 11.3 Å². The van der Waals surface area contributed by atoms with Gasteiger partial charge in [0.15, 0.2) is 5.54 Å². The lowest BCUT2D eigenvalue weighted by Crippen LogP contribution is -2.56. The van der Waals surface area contributed by atoms with Crippen molar-refractivity contribution < 1.29 is 19.4 Å². The molecule has 0 bridgehead atoms. The topological polar surface area (TPSA) is 79.7 Å². The van der Waals surface area contributed by atoms with E-state index in [1.54, 1.807) is 12.4 Å². The van der Waals surface area contributed by atoms with Crippen LogP contribution in [0.4, 0.5) is 0 Å². The Bertz CT molecular complexity index is 502. The van der Waals surface area contributed by atoms with E-state index in [2.05, 4.69) is 4.98 Å².